The van der Waals surface area contributed by atoms with Gasteiger partial charge in [-0.1, -0.05) is 38.1 Å². The van der Waals surface area contributed by atoms with Gasteiger partial charge in [-0.15, -0.1) is 0 Å². The Balaban J connectivity index is 2.23. The number of carbonyl (C=O) groups excluding carboxylic acids is 2. The summed E-state index contributed by atoms with van der Waals surface area (Å²) < 4.78 is 24.3. The van der Waals surface area contributed by atoms with Crippen LogP contribution in [0, 0.1) is 5.82 Å². The molecule has 0 fully saturated rings. The summed E-state index contributed by atoms with van der Waals surface area (Å²) >= 11 is 0. The first kappa shape index (κ1) is 24.2. The first-order chi connectivity index (χ1) is 14.9. The van der Waals surface area contributed by atoms with Gasteiger partial charge in [0.2, 0.25) is 5.91 Å². The summed E-state index contributed by atoms with van der Waals surface area (Å²) in [4.78, 5) is 27.5. The molecule has 2 rings (SSSR count). The van der Waals surface area contributed by atoms with Gasteiger partial charge in [0.05, 0.1) is 7.11 Å². The van der Waals surface area contributed by atoms with Crippen molar-refractivity contribution in [3.05, 3.63) is 59.9 Å². The molecule has 0 unspecified atom stereocenters. The Morgan fingerprint density at radius 3 is 2.26 bits per heavy atom. The number of amides is 2. The Hall–Kier alpha value is -3.09. The summed E-state index contributed by atoms with van der Waals surface area (Å²) in [6.45, 7) is 5.67. The lowest BCUT2D eigenvalue weighted by Gasteiger charge is -2.31. The van der Waals surface area contributed by atoms with Crippen LogP contribution in [0.1, 0.15) is 39.2 Å². The molecule has 0 aliphatic heterocycles. The summed E-state index contributed by atoms with van der Waals surface area (Å²) in [6.07, 6.45) is 1.22. The molecule has 0 aliphatic carbocycles. The van der Waals surface area contributed by atoms with Crippen molar-refractivity contribution in [1.82, 2.24) is 10.2 Å². The summed E-state index contributed by atoms with van der Waals surface area (Å²) in [5, 5.41) is 2.95. The molecule has 2 atom stereocenters. The number of hydrogen-bond acceptors (Lipinski definition) is 4. The standard InChI is InChI=1S/C24H31FN2O4/c1-5-17(3)26-24(29)20(6-2)27(15-18-11-13-19(25)14-12-18)23(28)16-31-22-10-8-7-9-21(22)30-4/h7-14,17,20H,5-6,15-16H2,1-4H3,(H,26,29)/t17-,20+/m0/s1. The number of nitrogens with zero attached hydrogens (tertiary/aromatic N) is 1. The zero-order valence-corrected chi connectivity index (χ0v) is 18.6. The number of para-hydroxylation sites is 2. The van der Waals surface area contributed by atoms with E-state index in [1.54, 1.807) is 36.4 Å². The first-order valence-electron chi connectivity index (χ1n) is 10.5. The molecular formula is C24H31FN2O4. The highest BCUT2D eigenvalue weighted by Gasteiger charge is 2.29. The van der Waals surface area contributed by atoms with Gasteiger partial charge in [0.15, 0.2) is 18.1 Å². The van der Waals surface area contributed by atoms with Gasteiger partial charge in [-0.05, 0) is 49.6 Å². The van der Waals surface area contributed by atoms with Crippen molar-refractivity contribution in [2.75, 3.05) is 13.7 Å². The summed E-state index contributed by atoms with van der Waals surface area (Å²) in [7, 11) is 1.53. The molecule has 2 amide bonds. The average molecular weight is 431 g/mol. The Bertz CT molecular complexity index is 857. The van der Waals surface area contributed by atoms with Gasteiger partial charge >= 0.3 is 0 Å². The van der Waals surface area contributed by atoms with Crippen molar-refractivity contribution in [1.29, 1.82) is 0 Å². The highest BCUT2D eigenvalue weighted by atomic mass is 19.1. The third kappa shape index (κ3) is 6.98. The molecule has 1 N–H and O–H groups in total. The topological polar surface area (TPSA) is 67.9 Å². The van der Waals surface area contributed by atoms with Gasteiger partial charge in [0.25, 0.3) is 5.91 Å². The smallest absolute Gasteiger partial charge is 0.261 e. The van der Waals surface area contributed by atoms with E-state index in [0.717, 1.165) is 12.0 Å². The second-order valence-electron chi connectivity index (χ2n) is 7.33. The largest absolute Gasteiger partial charge is 0.493 e. The molecule has 2 aromatic carbocycles. The van der Waals surface area contributed by atoms with Crippen molar-refractivity contribution >= 4 is 11.8 Å². The van der Waals surface area contributed by atoms with Gasteiger partial charge < -0.3 is 19.7 Å². The lowest BCUT2D eigenvalue weighted by atomic mass is 10.1. The van der Waals surface area contributed by atoms with Crippen LogP contribution in [0.2, 0.25) is 0 Å². The molecule has 7 heteroatoms. The lowest BCUT2D eigenvalue weighted by molar-refractivity contribution is -0.143. The lowest BCUT2D eigenvalue weighted by Crippen LogP contribution is -2.51. The zero-order chi connectivity index (χ0) is 22.8. The van der Waals surface area contributed by atoms with Crippen molar-refractivity contribution < 1.29 is 23.5 Å². The van der Waals surface area contributed by atoms with Crippen LogP contribution in [0.4, 0.5) is 4.39 Å². The molecular weight excluding hydrogens is 399 g/mol. The van der Waals surface area contributed by atoms with E-state index in [0.29, 0.717) is 17.9 Å². The zero-order valence-electron chi connectivity index (χ0n) is 18.6. The van der Waals surface area contributed by atoms with Crippen LogP contribution >= 0.6 is 0 Å². The summed E-state index contributed by atoms with van der Waals surface area (Å²) in [5.41, 5.74) is 0.724. The fourth-order valence-electron chi connectivity index (χ4n) is 3.11. The number of rotatable bonds is 11. The third-order valence-electron chi connectivity index (χ3n) is 5.07. The van der Waals surface area contributed by atoms with Gasteiger partial charge in [-0.25, -0.2) is 4.39 Å². The molecule has 0 aliphatic rings. The van der Waals surface area contributed by atoms with E-state index in [-0.39, 0.29) is 36.8 Å². The van der Waals surface area contributed by atoms with E-state index in [1.807, 2.05) is 20.8 Å². The van der Waals surface area contributed by atoms with E-state index in [4.69, 9.17) is 9.47 Å². The van der Waals surface area contributed by atoms with E-state index in [2.05, 4.69) is 5.32 Å². The number of nitrogens with one attached hydrogen (secondary N) is 1. The monoisotopic (exact) mass is 430 g/mol. The number of halogens is 1. The summed E-state index contributed by atoms with van der Waals surface area (Å²) in [6, 6.07) is 12.3. The Morgan fingerprint density at radius 2 is 1.68 bits per heavy atom. The first-order valence-corrected chi connectivity index (χ1v) is 10.5. The minimum Gasteiger partial charge on any atom is -0.493 e. The van der Waals surface area contributed by atoms with E-state index in [1.165, 1.54) is 24.1 Å². The van der Waals surface area contributed by atoms with Gasteiger partial charge in [0.1, 0.15) is 11.9 Å². The quantitative estimate of drug-likeness (QED) is 0.586. The second-order valence-corrected chi connectivity index (χ2v) is 7.33. The molecule has 0 bridgehead atoms. The molecule has 0 saturated carbocycles. The van der Waals surface area contributed by atoms with Crippen molar-refractivity contribution in [2.45, 2.75) is 52.2 Å². The summed E-state index contributed by atoms with van der Waals surface area (Å²) in [5.74, 6) is 0.0350. The maximum absolute atomic E-state index is 13.3. The number of benzene rings is 2. The van der Waals surface area contributed by atoms with Crippen molar-refractivity contribution in [3.8, 4) is 11.5 Å². The Morgan fingerprint density at radius 1 is 1.03 bits per heavy atom. The van der Waals surface area contributed by atoms with Crippen LogP contribution in [-0.2, 0) is 16.1 Å². The normalized spacial score (nSPS) is 12.5. The predicted octanol–water partition coefficient (Wildman–Crippen LogP) is 3.94. The van der Waals surface area contributed by atoms with E-state index < -0.39 is 6.04 Å². The molecule has 168 valence electrons. The number of methoxy groups -OCH3 is 1. The van der Waals surface area contributed by atoms with Crippen molar-refractivity contribution in [3.63, 3.8) is 0 Å². The Labute approximate surface area is 183 Å². The van der Waals surface area contributed by atoms with Crippen LogP contribution < -0.4 is 14.8 Å². The Kier molecular flexibility index (Phi) is 9.31. The molecule has 0 spiro atoms. The maximum Gasteiger partial charge on any atom is 0.261 e. The average Bonchev–Trinajstić information content (AvgIpc) is 2.78. The van der Waals surface area contributed by atoms with Gasteiger partial charge in [-0.3, -0.25) is 9.59 Å². The second kappa shape index (κ2) is 11.9. The fraction of sp³-hybridized carbons (Fsp3) is 0.417. The van der Waals surface area contributed by atoms with Crippen LogP contribution in [0.3, 0.4) is 0 Å². The van der Waals surface area contributed by atoms with Crippen LogP contribution in [0.5, 0.6) is 11.5 Å². The molecule has 31 heavy (non-hydrogen) atoms. The molecule has 0 heterocycles. The molecule has 2 aromatic rings. The van der Waals surface area contributed by atoms with E-state index in [9.17, 15) is 14.0 Å². The highest BCUT2D eigenvalue weighted by Crippen LogP contribution is 2.26. The number of hydrogen-bond donors (Lipinski definition) is 1. The predicted molar refractivity (Wildman–Crippen MR) is 117 cm³/mol. The van der Waals surface area contributed by atoms with Crippen LogP contribution in [0.15, 0.2) is 48.5 Å². The number of carbonyl (C=O) groups is 2. The number of ether oxygens (including phenoxy) is 2. The SMILES string of the molecule is CC[C@H](C(=O)N[C@@H](C)CC)N(Cc1ccc(F)cc1)C(=O)COc1ccccc1OC. The van der Waals surface area contributed by atoms with Crippen LogP contribution in [0.25, 0.3) is 0 Å². The molecule has 6 nitrogen and oxygen atoms in total. The minimum absolute atomic E-state index is 0.00541. The van der Waals surface area contributed by atoms with Gasteiger partial charge in [-0.2, -0.15) is 0 Å². The van der Waals surface area contributed by atoms with Crippen molar-refractivity contribution in [2.24, 2.45) is 0 Å². The molecule has 0 radical (unpaired) electrons. The molecule has 0 saturated heterocycles. The third-order valence-corrected chi connectivity index (χ3v) is 5.07. The van der Waals surface area contributed by atoms with E-state index >= 15 is 0 Å². The minimum atomic E-state index is -0.673. The van der Waals surface area contributed by atoms with Crippen LogP contribution in [-0.4, -0.2) is 42.5 Å². The maximum atomic E-state index is 13.3. The fourth-order valence-corrected chi connectivity index (χ4v) is 3.11. The molecule has 0 aromatic heterocycles. The van der Waals surface area contributed by atoms with Gasteiger partial charge in [0, 0.05) is 12.6 Å². The highest BCUT2D eigenvalue weighted by molar-refractivity contribution is 5.88.